The van der Waals surface area contributed by atoms with Gasteiger partial charge in [-0.25, -0.2) is 0 Å². The molecule has 0 fully saturated rings. The second-order valence-electron chi connectivity index (χ2n) is 5.17. The van der Waals surface area contributed by atoms with Crippen LogP contribution in [0.4, 0.5) is 0 Å². The van der Waals surface area contributed by atoms with Crippen LogP contribution in [0.3, 0.4) is 0 Å². The number of nitrogens with zero attached hydrogens (tertiary/aromatic N) is 1. The van der Waals surface area contributed by atoms with E-state index in [1.54, 1.807) is 4.90 Å². The van der Waals surface area contributed by atoms with Crippen LogP contribution in [0.25, 0.3) is 0 Å². The summed E-state index contributed by atoms with van der Waals surface area (Å²) in [5.41, 5.74) is 5.87. The zero-order chi connectivity index (χ0) is 12.2. The summed E-state index contributed by atoms with van der Waals surface area (Å²) in [6.45, 7) is 10.5. The molecule has 2 N–H and O–H groups in total. The summed E-state index contributed by atoms with van der Waals surface area (Å²) in [6.07, 6.45) is 0.758. The third-order valence-corrected chi connectivity index (χ3v) is 2.97. The van der Waals surface area contributed by atoms with E-state index in [4.69, 9.17) is 5.73 Å². The maximum atomic E-state index is 11.9. The molecule has 0 spiro atoms. The lowest BCUT2D eigenvalue weighted by atomic mass is 10.0. The van der Waals surface area contributed by atoms with E-state index in [0.29, 0.717) is 11.8 Å². The molecule has 0 aliphatic heterocycles. The molecule has 0 aromatic heterocycles. The molecular weight excluding hydrogens is 188 g/mol. The highest BCUT2D eigenvalue weighted by molar-refractivity contribution is 5.81. The van der Waals surface area contributed by atoms with E-state index in [9.17, 15) is 4.79 Å². The zero-order valence-electron chi connectivity index (χ0n) is 10.9. The molecule has 3 nitrogen and oxygen atoms in total. The topological polar surface area (TPSA) is 46.3 Å². The Kier molecular flexibility index (Phi) is 5.88. The molecule has 0 heterocycles. The van der Waals surface area contributed by atoms with E-state index >= 15 is 0 Å². The van der Waals surface area contributed by atoms with Crippen molar-refractivity contribution in [2.24, 2.45) is 17.6 Å². The van der Waals surface area contributed by atoms with E-state index < -0.39 is 0 Å². The zero-order valence-corrected chi connectivity index (χ0v) is 10.9. The molecule has 90 valence electrons. The van der Waals surface area contributed by atoms with Gasteiger partial charge in [-0.2, -0.15) is 0 Å². The average molecular weight is 214 g/mol. The van der Waals surface area contributed by atoms with Gasteiger partial charge in [-0.1, -0.05) is 27.7 Å². The van der Waals surface area contributed by atoms with Gasteiger partial charge in [-0.15, -0.1) is 0 Å². The van der Waals surface area contributed by atoms with Gasteiger partial charge < -0.3 is 10.6 Å². The van der Waals surface area contributed by atoms with Crippen molar-refractivity contribution in [1.29, 1.82) is 0 Å². The van der Waals surface area contributed by atoms with Crippen LogP contribution in [0.5, 0.6) is 0 Å². The number of likely N-dealkylation sites (N-methyl/N-ethyl adjacent to an activating group) is 1. The van der Waals surface area contributed by atoms with Gasteiger partial charge in [0.15, 0.2) is 0 Å². The Hall–Kier alpha value is -0.570. The lowest BCUT2D eigenvalue weighted by Crippen LogP contribution is -2.47. The molecule has 0 aliphatic rings. The van der Waals surface area contributed by atoms with Crippen molar-refractivity contribution in [1.82, 2.24) is 4.90 Å². The normalized spacial score (nSPS) is 15.5. The Bertz CT molecular complexity index is 202. The van der Waals surface area contributed by atoms with E-state index in [0.717, 1.165) is 6.42 Å². The van der Waals surface area contributed by atoms with Crippen LogP contribution in [-0.4, -0.2) is 29.9 Å². The average Bonchev–Trinajstić information content (AvgIpc) is 2.13. The summed E-state index contributed by atoms with van der Waals surface area (Å²) in [5.74, 6) is 0.988. The van der Waals surface area contributed by atoms with Gasteiger partial charge in [0.25, 0.3) is 0 Å². The first-order chi connectivity index (χ1) is 6.77. The standard InChI is InChI=1S/C12H26N2O/c1-8(2)7-11(13)12(15)14(6)10(5)9(3)4/h8-11H,7,13H2,1-6H3. The van der Waals surface area contributed by atoms with Gasteiger partial charge in [0.05, 0.1) is 6.04 Å². The minimum absolute atomic E-state index is 0.0601. The SMILES string of the molecule is CC(C)CC(N)C(=O)N(C)C(C)C(C)C. The molecule has 0 rings (SSSR count). The monoisotopic (exact) mass is 214 g/mol. The summed E-state index contributed by atoms with van der Waals surface area (Å²) in [4.78, 5) is 13.7. The lowest BCUT2D eigenvalue weighted by Gasteiger charge is -2.30. The fraction of sp³-hybridized carbons (Fsp3) is 0.917. The van der Waals surface area contributed by atoms with Crippen molar-refractivity contribution in [2.45, 2.75) is 53.1 Å². The second-order valence-corrected chi connectivity index (χ2v) is 5.17. The largest absolute Gasteiger partial charge is 0.341 e. The van der Waals surface area contributed by atoms with E-state index in [-0.39, 0.29) is 18.0 Å². The van der Waals surface area contributed by atoms with Crippen molar-refractivity contribution >= 4 is 5.91 Å². The molecule has 3 heteroatoms. The molecule has 0 aliphatic carbocycles. The molecule has 0 aromatic rings. The summed E-state index contributed by atoms with van der Waals surface area (Å²) in [5, 5.41) is 0. The quantitative estimate of drug-likeness (QED) is 0.759. The molecule has 0 bridgehead atoms. The van der Waals surface area contributed by atoms with Crippen molar-refractivity contribution in [3.63, 3.8) is 0 Å². The van der Waals surface area contributed by atoms with Crippen molar-refractivity contribution in [3.8, 4) is 0 Å². The highest BCUT2D eigenvalue weighted by atomic mass is 16.2. The minimum Gasteiger partial charge on any atom is -0.341 e. The predicted octanol–water partition coefficient (Wildman–Crippen LogP) is 1.86. The van der Waals surface area contributed by atoms with Crippen LogP contribution in [0.2, 0.25) is 0 Å². The van der Waals surface area contributed by atoms with Gasteiger partial charge in [0.2, 0.25) is 5.91 Å². The van der Waals surface area contributed by atoms with Crippen LogP contribution >= 0.6 is 0 Å². The van der Waals surface area contributed by atoms with Crippen LogP contribution < -0.4 is 5.73 Å². The van der Waals surface area contributed by atoms with Gasteiger partial charge >= 0.3 is 0 Å². The highest BCUT2D eigenvalue weighted by Gasteiger charge is 2.23. The van der Waals surface area contributed by atoms with Crippen LogP contribution in [0, 0.1) is 11.8 Å². The summed E-state index contributed by atoms with van der Waals surface area (Å²) < 4.78 is 0. The summed E-state index contributed by atoms with van der Waals surface area (Å²) in [7, 11) is 1.84. The summed E-state index contributed by atoms with van der Waals surface area (Å²) in [6, 6.07) is -0.105. The first-order valence-electron chi connectivity index (χ1n) is 5.79. The van der Waals surface area contributed by atoms with Crippen LogP contribution in [-0.2, 0) is 4.79 Å². The van der Waals surface area contributed by atoms with Crippen molar-refractivity contribution in [2.75, 3.05) is 7.05 Å². The number of hydrogen-bond donors (Lipinski definition) is 1. The Morgan fingerprint density at radius 2 is 1.67 bits per heavy atom. The maximum Gasteiger partial charge on any atom is 0.239 e. The molecular formula is C12H26N2O. The van der Waals surface area contributed by atoms with E-state index in [1.165, 1.54) is 0 Å². The number of carbonyl (C=O) groups excluding carboxylic acids is 1. The van der Waals surface area contributed by atoms with Crippen molar-refractivity contribution in [3.05, 3.63) is 0 Å². The first kappa shape index (κ1) is 14.4. The first-order valence-corrected chi connectivity index (χ1v) is 5.79. The molecule has 0 radical (unpaired) electrons. The molecule has 0 saturated carbocycles. The predicted molar refractivity (Wildman–Crippen MR) is 64.5 cm³/mol. The highest BCUT2D eigenvalue weighted by Crippen LogP contribution is 2.11. The van der Waals surface area contributed by atoms with Crippen LogP contribution in [0.1, 0.15) is 41.0 Å². The summed E-state index contributed by atoms with van der Waals surface area (Å²) >= 11 is 0. The fourth-order valence-corrected chi connectivity index (χ4v) is 1.52. The molecule has 15 heavy (non-hydrogen) atoms. The number of rotatable bonds is 5. The second kappa shape index (κ2) is 6.11. The Morgan fingerprint density at radius 3 is 2.00 bits per heavy atom. The number of nitrogens with two attached hydrogens (primary N) is 1. The van der Waals surface area contributed by atoms with E-state index in [2.05, 4.69) is 34.6 Å². The van der Waals surface area contributed by atoms with E-state index in [1.807, 2.05) is 7.05 Å². The molecule has 1 amide bonds. The Labute approximate surface area is 94.0 Å². The van der Waals surface area contributed by atoms with Gasteiger partial charge in [-0.3, -0.25) is 4.79 Å². The number of hydrogen-bond acceptors (Lipinski definition) is 2. The fourth-order valence-electron chi connectivity index (χ4n) is 1.52. The smallest absolute Gasteiger partial charge is 0.239 e. The van der Waals surface area contributed by atoms with Crippen molar-refractivity contribution < 1.29 is 4.79 Å². The van der Waals surface area contributed by atoms with Crippen LogP contribution in [0.15, 0.2) is 0 Å². The van der Waals surface area contributed by atoms with Gasteiger partial charge in [-0.05, 0) is 25.2 Å². The van der Waals surface area contributed by atoms with Gasteiger partial charge in [0.1, 0.15) is 0 Å². The Morgan fingerprint density at radius 1 is 1.20 bits per heavy atom. The maximum absolute atomic E-state index is 11.9. The molecule has 0 aromatic carbocycles. The molecule has 2 unspecified atom stereocenters. The Balaban J connectivity index is 4.31. The minimum atomic E-state index is -0.351. The molecule has 2 atom stereocenters. The van der Waals surface area contributed by atoms with Gasteiger partial charge in [0, 0.05) is 13.1 Å². The third kappa shape index (κ3) is 4.65. The lowest BCUT2D eigenvalue weighted by molar-refractivity contribution is -0.134. The third-order valence-electron chi connectivity index (χ3n) is 2.97. The number of carbonyl (C=O) groups is 1. The molecule has 0 saturated heterocycles. The number of amides is 1.